The van der Waals surface area contributed by atoms with Gasteiger partial charge in [-0.3, -0.25) is 4.57 Å². The minimum absolute atomic E-state index is 0.0759. The van der Waals surface area contributed by atoms with Crippen molar-refractivity contribution in [2.24, 2.45) is 0 Å². The molecule has 0 spiro atoms. The van der Waals surface area contributed by atoms with E-state index in [0.29, 0.717) is 35.9 Å². The molecule has 3 aliphatic rings. The maximum Gasteiger partial charge on any atom is 0.410 e. The van der Waals surface area contributed by atoms with Crippen LogP contribution in [0.2, 0.25) is 0 Å². The van der Waals surface area contributed by atoms with E-state index in [9.17, 15) is 4.79 Å². The lowest BCUT2D eigenvalue weighted by Gasteiger charge is -2.34. The lowest BCUT2D eigenvalue weighted by Crippen LogP contribution is -2.47. The van der Waals surface area contributed by atoms with E-state index >= 15 is 0 Å². The molecular weight excluding hydrogens is 610 g/mol. The highest BCUT2D eigenvalue weighted by Gasteiger charge is 2.28. The molecular formula is C35H45N9O4. The zero-order valence-corrected chi connectivity index (χ0v) is 28.0. The Bertz CT molecular complexity index is 1690. The van der Waals surface area contributed by atoms with Gasteiger partial charge in [-0.15, -0.1) is 0 Å². The molecule has 4 aromatic rings. The lowest BCUT2D eigenvalue weighted by molar-refractivity contribution is -0.0298. The van der Waals surface area contributed by atoms with Crippen molar-refractivity contribution in [2.75, 3.05) is 61.5 Å². The molecule has 3 fully saturated rings. The van der Waals surface area contributed by atoms with Gasteiger partial charge in [-0.25, -0.2) is 19.7 Å². The van der Waals surface area contributed by atoms with Crippen LogP contribution in [0.3, 0.4) is 0 Å². The number of pyridine rings is 1. The van der Waals surface area contributed by atoms with E-state index in [1.54, 1.807) is 4.90 Å². The van der Waals surface area contributed by atoms with Gasteiger partial charge < -0.3 is 34.6 Å². The molecule has 2 N–H and O–H groups in total. The highest BCUT2D eigenvalue weighted by Crippen LogP contribution is 2.32. The van der Waals surface area contributed by atoms with E-state index in [2.05, 4.69) is 39.8 Å². The van der Waals surface area contributed by atoms with Crippen molar-refractivity contribution in [1.82, 2.24) is 29.4 Å². The average Bonchev–Trinajstić information content (AvgIpc) is 3.53. The van der Waals surface area contributed by atoms with Crippen LogP contribution in [-0.2, 0) is 14.2 Å². The summed E-state index contributed by atoms with van der Waals surface area (Å²) < 4.78 is 19.2. The van der Waals surface area contributed by atoms with Crippen molar-refractivity contribution in [1.29, 1.82) is 0 Å². The summed E-state index contributed by atoms with van der Waals surface area (Å²) >= 11 is 0. The molecule has 6 heterocycles. The fourth-order valence-electron chi connectivity index (χ4n) is 6.45. The smallest absolute Gasteiger partial charge is 0.410 e. The second kappa shape index (κ2) is 13.9. The third kappa shape index (κ3) is 7.47. The van der Waals surface area contributed by atoms with Crippen molar-refractivity contribution in [2.45, 2.75) is 70.7 Å². The number of nitrogens with zero attached hydrogens (tertiary/aromatic N) is 7. The summed E-state index contributed by atoms with van der Waals surface area (Å²) in [6, 6.07) is 12.4. The third-order valence-electron chi connectivity index (χ3n) is 8.85. The molecule has 2 atom stereocenters. The van der Waals surface area contributed by atoms with Crippen molar-refractivity contribution in [3.05, 3.63) is 48.9 Å². The van der Waals surface area contributed by atoms with Gasteiger partial charge in [0.15, 0.2) is 5.65 Å². The predicted molar refractivity (Wildman–Crippen MR) is 185 cm³/mol. The molecule has 0 bridgehead atoms. The number of morpholine rings is 1. The van der Waals surface area contributed by atoms with Crippen LogP contribution < -0.4 is 15.5 Å². The molecule has 2 unspecified atom stereocenters. The molecule has 48 heavy (non-hydrogen) atoms. The third-order valence-corrected chi connectivity index (χ3v) is 8.85. The molecule has 13 heteroatoms. The standard InChI is InChI=1S/C35H45N9O4/c1-35(2,3)48-34(45)43-15-6-7-26(22-43)38-28-14-9-24(21-36-28)30-31-32(44(23-37-31)29-8-4-5-18-47-29)41-33(40-30)39-25-10-12-27(13-11-25)42-16-19-46-20-17-42/h9-14,21,23,26,29H,4-8,15-20,22H2,1-3H3,(H,36,38)(H,39,40,41). The first-order valence-electron chi connectivity index (χ1n) is 17.1. The number of hydrogen-bond acceptors (Lipinski definition) is 11. The molecule has 3 aliphatic heterocycles. The van der Waals surface area contributed by atoms with Crippen LogP contribution >= 0.6 is 0 Å². The van der Waals surface area contributed by atoms with Crippen LogP contribution in [0.25, 0.3) is 22.4 Å². The Morgan fingerprint density at radius 3 is 2.50 bits per heavy atom. The molecule has 0 aliphatic carbocycles. The molecule has 0 radical (unpaired) electrons. The minimum Gasteiger partial charge on any atom is -0.444 e. The summed E-state index contributed by atoms with van der Waals surface area (Å²) in [6.45, 7) is 10.9. The highest BCUT2D eigenvalue weighted by atomic mass is 16.6. The van der Waals surface area contributed by atoms with Crippen molar-refractivity contribution in [3.8, 4) is 11.3 Å². The number of piperidine rings is 1. The Morgan fingerprint density at radius 2 is 1.77 bits per heavy atom. The topological polar surface area (TPSA) is 132 Å². The molecule has 0 saturated carbocycles. The summed E-state index contributed by atoms with van der Waals surface area (Å²) in [4.78, 5) is 36.2. The summed E-state index contributed by atoms with van der Waals surface area (Å²) in [5, 5.41) is 6.94. The van der Waals surface area contributed by atoms with Gasteiger partial charge in [0.05, 0.1) is 19.5 Å². The summed E-state index contributed by atoms with van der Waals surface area (Å²) in [6.07, 6.45) is 8.13. The van der Waals surface area contributed by atoms with E-state index in [1.807, 2.05) is 50.0 Å². The number of hydrogen-bond donors (Lipinski definition) is 2. The first kappa shape index (κ1) is 32.1. The number of amides is 1. The van der Waals surface area contributed by atoms with Crippen LogP contribution in [-0.4, -0.2) is 93.1 Å². The van der Waals surface area contributed by atoms with E-state index < -0.39 is 5.60 Å². The van der Waals surface area contributed by atoms with E-state index in [-0.39, 0.29) is 18.4 Å². The van der Waals surface area contributed by atoms with Crippen molar-refractivity contribution in [3.63, 3.8) is 0 Å². The van der Waals surface area contributed by atoms with Crippen LogP contribution in [0.5, 0.6) is 0 Å². The number of nitrogens with one attached hydrogen (secondary N) is 2. The predicted octanol–water partition coefficient (Wildman–Crippen LogP) is 5.98. The number of imidazole rings is 1. The van der Waals surface area contributed by atoms with Crippen LogP contribution in [0.1, 0.15) is 59.1 Å². The lowest BCUT2D eigenvalue weighted by atomic mass is 10.1. The fourth-order valence-corrected chi connectivity index (χ4v) is 6.45. The summed E-state index contributed by atoms with van der Waals surface area (Å²) in [5.41, 5.74) is 4.46. The monoisotopic (exact) mass is 655 g/mol. The minimum atomic E-state index is -0.524. The number of carbonyl (C=O) groups is 1. The quantitative estimate of drug-likeness (QED) is 0.244. The second-order valence-corrected chi connectivity index (χ2v) is 13.7. The Labute approximate surface area is 281 Å². The molecule has 254 valence electrons. The molecule has 1 aromatic carbocycles. The van der Waals surface area contributed by atoms with Gasteiger partial charge in [0.25, 0.3) is 0 Å². The molecule has 1 amide bonds. The maximum atomic E-state index is 12.7. The number of rotatable bonds is 7. The molecule has 3 saturated heterocycles. The largest absolute Gasteiger partial charge is 0.444 e. The SMILES string of the molecule is CC(C)(C)OC(=O)N1CCCC(Nc2ccc(-c3nc(Nc4ccc(N5CCOCC5)cc4)nc4c3ncn4C3CCCCO3)cn2)C1. The van der Waals surface area contributed by atoms with Crippen LogP contribution in [0, 0.1) is 0 Å². The second-order valence-electron chi connectivity index (χ2n) is 13.7. The first-order valence-corrected chi connectivity index (χ1v) is 17.1. The van der Waals surface area contributed by atoms with Gasteiger partial charge in [0, 0.05) is 62.0 Å². The Morgan fingerprint density at radius 1 is 0.938 bits per heavy atom. The molecule has 3 aromatic heterocycles. The number of fused-ring (bicyclic) bond motifs is 1. The zero-order valence-electron chi connectivity index (χ0n) is 28.0. The van der Waals surface area contributed by atoms with Gasteiger partial charge in [0.1, 0.15) is 28.9 Å². The van der Waals surface area contributed by atoms with Crippen LogP contribution in [0.4, 0.5) is 27.9 Å². The summed E-state index contributed by atoms with van der Waals surface area (Å²) in [7, 11) is 0. The molecule has 7 rings (SSSR count). The van der Waals surface area contributed by atoms with Gasteiger partial charge in [-0.05, 0) is 89.3 Å². The van der Waals surface area contributed by atoms with E-state index in [4.69, 9.17) is 34.1 Å². The summed E-state index contributed by atoms with van der Waals surface area (Å²) in [5.74, 6) is 1.21. The van der Waals surface area contributed by atoms with Crippen molar-refractivity contribution >= 4 is 40.4 Å². The number of benzene rings is 1. The van der Waals surface area contributed by atoms with E-state index in [1.165, 1.54) is 5.69 Å². The Hall–Kier alpha value is -4.49. The highest BCUT2D eigenvalue weighted by molar-refractivity contribution is 5.88. The maximum absolute atomic E-state index is 12.7. The number of aromatic nitrogens is 5. The van der Waals surface area contributed by atoms with Gasteiger partial charge in [0.2, 0.25) is 5.95 Å². The number of ether oxygens (including phenoxy) is 3. The number of anilines is 4. The average molecular weight is 656 g/mol. The number of carbonyl (C=O) groups excluding carboxylic acids is 1. The van der Waals surface area contributed by atoms with Crippen molar-refractivity contribution < 1.29 is 19.0 Å². The zero-order chi connectivity index (χ0) is 33.1. The van der Waals surface area contributed by atoms with Gasteiger partial charge in [-0.1, -0.05) is 0 Å². The van der Waals surface area contributed by atoms with Gasteiger partial charge in [-0.2, -0.15) is 4.98 Å². The fraction of sp³-hybridized carbons (Fsp3) is 0.514. The Balaban J connectivity index is 1.12. The number of likely N-dealkylation sites (tertiary alicyclic amines) is 1. The Kier molecular flexibility index (Phi) is 9.31. The van der Waals surface area contributed by atoms with Gasteiger partial charge >= 0.3 is 6.09 Å². The normalized spacial score (nSPS) is 20.5. The van der Waals surface area contributed by atoms with Crippen LogP contribution in [0.15, 0.2) is 48.9 Å². The van der Waals surface area contributed by atoms with E-state index in [0.717, 1.165) is 82.1 Å². The molecule has 13 nitrogen and oxygen atoms in total. The first-order chi connectivity index (χ1) is 23.3.